The van der Waals surface area contributed by atoms with Gasteiger partial charge in [0.1, 0.15) is 23.5 Å². The zero-order valence-electron chi connectivity index (χ0n) is 20.0. The molecule has 0 saturated carbocycles. The van der Waals surface area contributed by atoms with E-state index in [2.05, 4.69) is 25.2 Å². The van der Waals surface area contributed by atoms with Crippen LogP contribution < -0.4 is 10.1 Å². The van der Waals surface area contributed by atoms with Crippen molar-refractivity contribution in [2.75, 3.05) is 33.4 Å². The average molecular weight is 522 g/mol. The number of halogens is 3. The molecule has 1 aliphatic rings. The Kier molecular flexibility index (Phi) is 7.86. The maximum atomic E-state index is 13.1. The number of alkyl halides is 3. The molecule has 3 heterocycles. The lowest BCUT2D eigenvalue weighted by molar-refractivity contribution is -0.141. The Hall–Kier alpha value is -3.09. The van der Waals surface area contributed by atoms with Gasteiger partial charge in [-0.2, -0.15) is 13.2 Å². The van der Waals surface area contributed by atoms with Gasteiger partial charge in [0.15, 0.2) is 5.69 Å². The minimum atomic E-state index is -4.58. The van der Waals surface area contributed by atoms with Crippen LogP contribution in [0.15, 0.2) is 36.8 Å². The first-order valence-electron chi connectivity index (χ1n) is 11.3. The van der Waals surface area contributed by atoms with Gasteiger partial charge in [0.2, 0.25) is 0 Å². The van der Waals surface area contributed by atoms with Gasteiger partial charge in [0.25, 0.3) is 5.91 Å². The number of hydrogen-bond donors (Lipinski definition) is 1. The highest BCUT2D eigenvalue weighted by Crippen LogP contribution is 2.30. The van der Waals surface area contributed by atoms with Crippen molar-refractivity contribution >= 4 is 17.2 Å². The van der Waals surface area contributed by atoms with Crippen molar-refractivity contribution in [3.63, 3.8) is 0 Å². The molecule has 2 atom stereocenters. The maximum Gasteiger partial charge on any atom is 0.434 e. The van der Waals surface area contributed by atoms with Crippen molar-refractivity contribution in [1.29, 1.82) is 0 Å². The largest absolute Gasteiger partial charge is 0.491 e. The van der Waals surface area contributed by atoms with Gasteiger partial charge in [-0.25, -0.2) is 9.97 Å². The molecular formula is C24H26F3N5O3S. The summed E-state index contributed by atoms with van der Waals surface area (Å²) in [6.07, 6.45) is -1.26. The molecule has 0 unspecified atom stereocenters. The standard InChI is InChI=1S/C24H26F3N5O3S/c1-14-9-30-23(36-14)17-6-16(7-18(8-17)35-13-19-12-32(3)4-5-34-19)22(33)31-15(2)20-10-29-21(11-28-20)24(25,26)27/h6-11,15,19H,4-5,12-13H2,1-3H3,(H,31,33)/t15-,19+/m1/s1. The molecule has 0 radical (unpaired) electrons. The molecule has 0 spiro atoms. The van der Waals surface area contributed by atoms with Crippen molar-refractivity contribution < 1.29 is 27.4 Å². The molecule has 0 bridgehead atoms. The molecule has 8 nitrogen and oxygen atoms in total. The Bertz CT molecular complexity index is 1200. The molecule has 2 aromatic heterocycles. The number of thiazole rings is 1. The number of nitrogens with zero attached hydrogens (tertiary/aromatic N) is 4. The summed E-state index contributed by atoms with van der Waals surface area (Å²) < 4.78 is 50.1. The number of ether oxygens (including phenoxy) is 2. The average Bonchev–Trinajstić information content (AvgIpc) is 3.28. The topological polar surface area (TPSA) is 89.5 Å². The van der Waals surface area contributed by atoms with Gasteiger partial charge in [0, 0.05) is 35.3 Å². The predicted octanol–water partition coefficient (Wildman–Crippen LogP) is 4.13. The van der Waals surface area contributed by atoms with Gasteiger partial charge >= 0.3 is 6.18 Å². The number of likely N-dealkylation sites (N-methyl/N-ethyl adjacent to an activating group) is 1. The summed E-state index contributed by atoms with van der Waals surface area (Å²) in [5, 5.41) is 3.50. The van der Waals surface area contributed by atoms with Crippen LogP contribution >= 0.6 is 11.3 Å². The van der Waals surface area contributed by atoms with Crippen LogP contribution in [0.2, 0.25) is 0 Å². The predicted molar refractivity (Wildman–Crippen MR) is 128 cm³/mol. The Morgan fingerprint density at radius 1 is 1.25 bits per heavy atom. The van der Waals surface area contributed by atoms with Crippen LogP contribution in [0, 0.1) is 6.92 Å². The van der Waals surface area contributed by atoms with Crippen LogP contribution in [-0.2, 0) is 10.9 Å². The SMILES string of the molecule is Cc1cnc(-c2cc(OC[C@@H]3CN(C)CCO3)cc(C(=O)N[C@H](C)c3cnc(C(F)(F)F)cn3)c2)s1. The number of aryl methyl sites for hydroxylation is 1. The van der Waals surface area contributed by atoms with Crippen molar-refractivity contribution in [2.24, 2.45) is 0 Å². The summed E-state index contributed by atoms with van der Waals surface area (Å²) in [7, 11) is 2.02. The first kappa shape index (κ1) is 26.0. The van der Waals surface area contributed by atoms with Crippen LogP contribution in [0.5, 0.6) is 5.75 Å². The van der Waals surface area contributed by atoms with Gasteiger partial charge in [-0.3, -0.25) is 9.78 Å². The van der Waals surface area contributed by atoms with Crippen molar-refractivity contribution in [2.45, 2.75) is 32.2 Å². The molecule has 1 aliphatic heterocycles. The molecule has 36 heavy (non-hydrogen) atoms. The number of hydrogen-bond acceptors (Lipinski definition) is 8. The second-order valence-electron chi connectivity index (χ2n) is 8.61. The third-order valence-corrected chi connectivity index (χ3v) is 6.53. The molecule has 0 aliphatic carbocycles. The number of aromatic nitrogens is 3. The van der Waals surface area contributed by atoms with Crippen LogP contribution in [-0.4, -0.2) is 65.2 Å². The van der Waals surface area contributed by atoms with Gasteiger partial charge < -0.3 is 19.7 Å². The second kappa shape index (κ2) is 10.9. The first-order chi connectivity index (χ1) is 17.1. The minimum Gasteiger partial charge on any atom is -0.491 e. The van der Waals surface area contributed by atoms with E-state index in [1.807, 2.05) is 20.0 Å². The number of nitrogens with one attached hydrogen (secondary N) is 1. The third kappa shape index (κ3) is 6.56. The molecule has 1 amide bonds. The first-order valence-corrected chi connectivity index (χ1v) is 12.1. The molecule has 3 aromatic rings. The number of morpholine rings is 1. The number of carbonyl (C=O) groups excluding carboxylic acids is 1. The van der Waals surface area contributed by atoms with Gasteiger partial charge in [-0.15, -0.1) is 11.3 Å². The zero-order valence-corrected chi connectivity index (χ0v) is 20.8. The Morgan fingerprint density at radius 3 is 2.69 bits per heavy atom. The lowest BCUT2D eigenvalue weighted by atomic mass is 10.1. The summed E-state index contributed by atoms with van der Waals surface area (Å²) in [5.41, 5.74) is 0.160. The fourth-order valence-corrected chi connectivity index (χ4v) is 4.40. The van der Waals surface area contributed by atoms with Crippen LogP contribution in [0.1, 0.15) is 39.6 Å². The second-order valence-corrected chi connectivity index (χ2v) is 9.84. The van der Waals surface area contributed by atoms with E-state index in [0.29, 0.717) is 30.7 Å². The maximum absolute atomic E-state index is 13.1. The molecule has 1 fully saturated rings. The summed E-state index contributed by atoms with van der Waals surface area (Å²) in [6.45, 7) is 6.12. The fraction of sp³-hybridized carbons (Fsp3) is 0.417. The van der Waals surface area contributed by atoms with E-state index < -0.39 is 23.8 Å². The molecular weight excluding hydrogens is 495 g/mol. The molecule has 192 valence electrons. The van der Waals surface area contributed by atoms with Crippen LogP contribution in [0.4, 0.5) is 13.2 Å². The van der Waals surface area contributed by atoms with Crippen LogP contribution in [0.3, 0.4) is 0 Å². The van der Waals surface area contributed by atoms with Crippen molar-refractivity contribution in [3.05, 3.63) is 58.6 Å². The molecule has 1 saturated heterocycles. The molecule has 4 rings (SSSR count). The molecule has 1 N–H and O–H groups in total. The number of amides is 1. The number of carbonyl (C=O) groups is 1. The molecule has 12 heteroatoms. The fourth-order valence-electron chi connectivity index (χ4n) is 3.64. The number of benzene rings is 1. The zero-order chi connectivity index (χ0) is 25.9. The highest BCUT2D eigenvalue weighted by Gasteiger charge is 2.33. The highest BCUT2D eigenvalue weighted by molar-refractivity contribution is 7.14. The Labute approximate surface area is 210 Å². The Balaban J connectivity index is 1.52. The lowest BCUT2D eigenvalue weighted by Gasteiger charge is -2.29. The van der Waals surface area contributed by atoms with Crippen molar-refractivity contribution in [3.8, 4) is 16.3 Å². The van der Waals surface area contributed by atoms with E-state index >= 15 is 0 Å². The smallest absolute Gasteiger partial charge is 0.434 e. The summed E-state index contributed by atoms with van der Waals surface area (Å²) in [4.78, 5) is 27.9. The summed E-state index contributed by atoms with van der Waals surface area (Å²) in [6, 6.07) is 4.48. The van der Waals surface area contributed by atoms with E-state index in [9.17, 15) is 18.0 Å². The lowest BCUT2D eigenvalue weighted by Crippen LogP contribution is -2.42. The normalized spacial score (nSPS) is 17.6. The van der Waals surface area contributed by atoms with Crippen molar-refractivity contribution in [1.82, 2.24) is 25.2 Å². The third-order valence-electron chi connectivity index (χ3n) is 5.57. The molecule has 1 aromatic carbocycles. The Morgan fingerprint density at radius 2 is 2.06 bits per heavy atom. The van der Waals surface area contributed by atoms with Gasteiger partial charge in [0.05, 0.1) is 30.7 Å². The summed E-state index contributed by atoms with van der Waals surface area (Å²) >= 11 is 1.49. The highest BCUT2D eigenvalue weighted by atomic mass is 32.1. The minimum absolute atomic E-state index is 0.0925. The van der Waals surface area contributed by atoms with Gasteiger partial charge in [-0.05, 0) is 39.1 Å². The van der Waals surface area contributed by atoms with E-state index in [-0.39, 0.29) is 11.8 Å². The van der Waals surface area contributed by atoms with E-state index in [4.69, 9.17) is 9.47 Å². The summed E-state index contributed by atoms with van der Waals surface area (Å²) in [5.74, 6) is 0.0575. The number of rotatable bonds is 7. The van der Waals surface area contributed by atoms with E-state index in [0.717, 1.165) is 34.7 Å². The van der Waals surface area contributed by atoms with E-state index in [1.165, 1.54) is 11.3 Å². The van der Waals surface area contributed by atoms with Crippen LogP contribution in [0.25, 0.3) is 10.6 Å². The van der Waals surface area contributed by atoms with E-state index in [1.54, 1.807) is 25.3 Å². The van der Waals surface area contributed by atoms with Gasteiger partial charge in [-0.1, -0.05) is 0 Å². The monoisotopic (exact) mass is 521 g/mol. The quantitative estimate of drug-likeness (QED) is 0.500.